The van der Waals surface area contributed by atoms with Crippen LogP contribution in [0.2, 0.25) is 0 Å². The van der Waals surface area contributed by atoms with E-state index in [0.717, 1.165) is 4.47 Å². The summed E-state index contributed by atoms with van der Waals surface area (Å²) in [5.74, 6) is -0.129. The van der Waals surface area contributed by atoms with Crippen LogP contribution in [0.3, 0.4) is 0 Å². The predicted octanol–water partition coefficient (Wildman–Crippen LogP) is 2.23. The quantitative estimate of drug-likeness (QED) is 0.875. The highest BCUT2D eigenvalue weighted by Crippen LogP contribution is 2.12. The lowest BCUT2D eigenvalue weighted by Crippen LogP contribution is -2.45. The first-order valence-electron chi connectivity index (χ1n) is 5.58. The Kier molecular flexibility index (Phi) is 5.78. The van der Waals surface area contributed by atoms with E-state index in [1.807, 2.05) is 19.1 Å². The zero-order chi connectivity index (χ0) is 13.6. The van der Waals surface area contributed by atoms with E-state index in [1.54, 1.807) is 26.4 Å². The number of rotatable bonds is 6. The molecule has 0 fully saturated rings. The summed E-state index contributed by atoms with van der Waals surface area (Å²) in [6.07, 6.45) is 0. The van der Waals surface area contributed by atoms with Crippen molar-refractivity contribution in [1.29, 1.82) is 0 Å². The average Bonchev–Trinajstić information content (AvgIpc) is 2.36. The van der Waals surface area contributed by atoms with E-state index >= 15 is 0 Å². The van der Waals surface area contributed by atoms with Crippen molar-refractivity contribution < 1.29 is 14.3 Å². The normalized spacial score (nSPS) is 14.0. The third kappa shape index (κ3) is 4.40. The van der Waals surface area contributed by atoms with Crippen LogP contribution in [0.15, 0.2) is 28.7 Å². The molecule has 1 N–H and O–H groups in total. The van der Waals surface area contributed by atoms with E-state index in [4.69, 9.17) is 9.47 Å². The summed E-state index contributed by atoms with van der Waals surface area (Å²) in [6.45, 7) is 2.70. The highest BCUT2D eigenvalue weighted by atomic mass is 79.9. The van der Waals surface area contributed by atoms with Crippen LogP contribution in [0.25, 0.3) is 0 Å². The second-order valence-electron chi connectivity index (χ2n) is 4.28. The molecule has 0 saturated heterocycles. The number of amides is 1. The summed E-state index contributed by atoms with van der Waals surface area (Å²) in [7, 11) is 3.21. The van der Waals surface area contributed by atoms with Crippen molar-refractivity contribution in [2.75, 3.05) is 27.4 Å². The minimum absolute atomic E-state index is 0.129. The van der Waals surface area contributed by atoms with Gasteiger partial charge in [-0.1, -0.05) is 22.0 Å². The Balaban J connectivity index is 2.60. The molecule has 0 aliphatic heterocycles. The van der Waals surface area contributed by atoms with Crippen molar-refractivity contribution in [2.45, 2.75) is 12.5 Å². The fourth-order valence-corrected chi connectivity index (χ4v) is 1.89. The molecule has 1 atom stereocenters. The SMILES string of the molecule is COC[C@@](C)(CNC(=O)c1cccc(Br)c1)OC. The third-order valence-corrected chi connectivity index (χ3v) is 3.15. The lowest BCUT2D eigenvalue weighted by Gasteiger charge is -2.27. The summed E-state index contributed by atoms with van der Waals surface area (Å²) in [4.78, 5) is 11.9. The Labute approximate surface area is 116 Å². The van der Waals surface area contributed by atoms with E-state index in [2.05, 4.69) is 21.2 Å². The van der Waals surface area contributed by atoms with Gasteiger partial charge in [-0.25, -0.2) is 0 Å². The zero-order valence-electron chi connectivity index (χ0n) is 10.8. The van der Waals surface area contributed by atoms with Crippen molar-refractivity contribution in [3.05, 3.63) is 34.3 Å². The molecule has 0 aromatic heterocycles. The Morgan fingerprint density at radius 3 is 2.72 bits per heavy atom. The maximum atomic E-state index is 11.9. The molecule has 1 amide bonds. The van der Waals surface area contributed by atoms with Crippen LogP contribution in [-0.2, 0) is 9.47 Å². The molecule has 18 heavy (non-hydrogen) atoms. The van der Waals surface area contributed by atoms with Crippen LogP contribution in [-0.4, -0.2) is 38.9 Å². The van der Waals surface area contributed by atoms with Gasteiger partial charge in [-0.15, -0.1) is 0 Å². The number of halogens is 1. The lowest BCUT2D eigenvalue weighted by molar-refractivity contribution is -0.0479. The zero-order valence-corrected chi connectivity index (χ0v) is 12.4. The largest absolute Gasteiger partial charge is 0.382 e. The topological polar surface area (TPSA) is 47.6 Å². The van der Waals surface area contributed by atoms with Gasteiger partial charge in [0.15, 0.2) is 0 Å². The number of benzene rings is 1. The molecule has 0 radical (unpaired) electrons. The van der Waals surface area contributed by atoms with Gasteiger partial charge in [-0.3, -0.25) is 4.79 Å². The van der Waals surface area contributed by atoms with Gasteiger partial charge in [-0.05, 0) is 25.1 Å². The molecule has 0 saturated carbocycles. The van der Waals surface area contributed by atoms with Crippen LogP contribution in [0.5, 0.6) is 0 Å². The van der Waals surface area contributed by atoms with E-state index in [9.17, 15) is 4.79 Å². The lowest BCUT2D eigenvalue weighted by atomic mass is 10.1. The predicted molar refractivity (Wildman–Crippen MR) is 73.8 cm³/mol. The molecular weight excluding hydrogens is 298 g/mol. The number of hydrogen-bond donors (Lipinski definition) is 1. The number of methoxy groups -OCH3 is 2. The van der Waals surface area contributed by atoms with Crippen molar-refractivity contribution >= 4 is 21.8 Å². The number of hydrogen-bond acceptors (Lipinski definition) is 3. The molecular formula is C13H18BrNO3. The van der Waals surface area contributed by atoms with Crippen LogP contribution in [0.1, 0.15) is 17.3 Å². The van der Waals surface area contributed by atoms with Gasteiger partial charge < -0.3 is 14.8 Å². The van der Waals surface area contributed by atoms with Crippen molar-refractivity contribution in [3.63, 3.8) is 0 Å². The van der Waals surface area contributed by atoms with Crippen LogP contribution in [0, 0.1) is 0 Å². The highest BCUT2D eigenvalue weighted by molar-refractivity contribution is 9.10. The Bertz CT molecular complexity index is 411. The smallest absolute Gasteiger partial charge is 0.251 e. The molecule has 0 aliphatic carbocycles. The Hall–Kier alpha value is -0.910. The van der Waals surface area contributed by atoms with Gasteiger partial charge >= 0.3 is 0 Å². The molecule has 0 spiro atoms. The van der Waals surface area contributed by atoms with E-state index in [-0.39, 0.29) is 5.91 Å². The minimum Gasteiger partial charge on any atom is -0.382 e. The molecule has 100 valence electrons. The fraction of sp³-hybridized carbons (Fsp3) is 0.462. The maximum Gasteiger partial charge on any atom is 0.251 e. The molecule has 0 bridgehead atoms. The molecule has 0 aliphatic rings. The minimum atomic E-state index is -0.517. The Morgan fingerprint density at radius 2 is 2.17 bits per heavy atom. The van der Waals surface area contributed by atoms with Crippen LogP contribution >= 0.6 is 15.9 Å². The standard InChI is InChI=1S/C13H18BrNO3/c1-13(18-3,9-17-2)8-15-12(16)10-5-4-6-11(14)7-10/h4-7H,8-9H2,1-3H3,(H,15,16)/t13-/m1/s1. The summed E-state index contributed by atoms with van der Waals surface area (Å²) in [5, 5.41) is 2.84. The number of carbonyl (C=O) groups excluding carboxylic acids is 1. The van der Waals surface area contributed by atoms with E-state index in [0.29, 0.717) is 18.7 Å². The average molecular weight is 316 g/mol. The van der Waals surface area contributed by atoms with Gasteiger partial charge in [0, 0.05) is 30.8 Å². The number of nitrogens with one attached hydrogen (secondary N) is 1. The van der Waals surface area contributed by atoms with E-state index < -0.39 is 5.60 Å². The molecule has 4 nitrogen and oxygen atoms in total. The summed E-state index contributed by atoms with van der Waals surface area (Å²) in [6, 6.07) is 7.24. The first-order valence-corrected chi connectivity index (χ1v) is 6.38. The maximum absolute atomic E-state index is 11.9. The Morgan fingerprint density at radius 1 is 1.44 bits per heavy atom. The molecule has 0 heterocycles. The van der Waals surface area contributed by atoms with Crippen molar-refractivity contribution in [2.24, 2.45) is 0 Å². The van der Waals surface area contributed by atoms with Gasteiger partial charge in [0.1, 0.15) is 5.60 Å². The highest BCUT2D eigenvalue weighted by Gasteiger charge is 2.24. The monoisotopic (exact) mass is 315 g/mol. The summed E-state index contributed by atoms with van der Waals surface area (Å²) in [5.41, 5.74) is 0.0939. The second-order valence-corrected chi connectivity index (χ2v) is 5.20. The van der Waals surface area contributed by atoms with Crippen molar-refractivity contribution in [3.8, 4) is 0 Å². The number of carbonyl (C=O) groups is 1. The molecule has 1 rings (SSSR count). The third-order valence-electron chi connectivity index (χ3n) is 2.65. The molecule has 5 heteroatoms. The van der Waals surface area contributed by atoms with Gasteiger partial charge in [0.2, 0.25) is 0 Å². The second kappa shape index (κ2) is 6.87. The van der Waals surface area contributed by atoms with Crippen LogP contribution in [0.4, 0.5) is 0 Å². The molecule has 1 aromatic rings. The van der Waals surface area contributed by atoms with Gasteiger partial charge in [-0.2, -0.15) is 0 Å². The molecule has 1 aromatic carbocycles. The van der Waals surface area contributed by atoms with Crippen LogP contribution < -0.4 is 5.32 Å². The summed E-state index contributed by atoms with van der Waals surface area (Å²) < 4.78 is 11.3. The first kappa shape index (κ1) is 15.1. The molecule has 0 unspecified atom stereocenters. The van der Waals surface area contributed by atoms with E-state index in [1.165, 1.54) is 0 Å². The van der Waals surface area contributed by atoms with Gasteiger partial charge in [0.25, 0.3) is 5.91 Å². The first-order chi connectivity index (χ1) is 8.50. The fourth-order valence-electron chi connectivity index (χ4n) is 1.49. The van der Waals surface area contributed by atoms with Crippen molar-refractivity contribution in [1.82, 2.24) is 5.32 Å². The number of ether oxygens (including phenoxy) is 2. The summed E-state index contributed by atoms with van der Waals surface area (Å²) >= 11 is 3.33. The van der Waals surface area contributed by atoms with Gasteiger partial charge in [0.05, 0.1) is 6.61 Å².